The molecule has 1 aromatic rings. The molecule has 1 rings (SSSR count). The smallest absolute Gasteiger partial charge is 0.251 e. The van der Waals surface area contributed by atoms with Gasteiger partial charge in [0.05, 0.1) is 18.0 Å². The van der Waals surface area contributed by atoms with Crippen molar-refractivity contribution in [2.45, 2.75) is 46.6 Å². The Labute approximate surface area is 138 Å². The predicted molar refractivity (Wildman–Crippen MR) is 91.0 cm³/mol. The van der Waals surface area contributed by atoms with Crippen LogP contribution in [0.15, 0.2) is 36.4 Å². The van der Waals surface area contributed by atoms with E-state index in [9.17, 15) is 9.59 Å². The summed E-state index contributed by atoms with van der Waals surface area (Å²) >= 11 is 0. The number of benzene rings is 1. The molecule has 1 amide bonds. The van der Waals surface area contributed by atoms with E-state index in [-0.39, 0.29) is 17.6 Å². The van der Waals surface area contributed by atoms with Crippen LogP contribution in [-0.4, -0.2) is 17.7 Å². The number of Topliss-reactive ketones (excluding diaryl/α,β-unsaturated/α-hetero) is 1. The van der Waals surface area contributed by atoms with Crippen molar-refractivity contribution in [2.75, 3.05) is 0 Å². The first-order chi connectivity index (χ1) is 10.6. The van der Waals surface area contributed by atoms with E-state index >= 15 is 0 Å². The highest BCUT2D eigenvalue weighted by atomic mass is 16.2. The Balaban J connectivity index is 3.07. The standard InChI is InChI=1S/C19H24N2O2/c1-12(2)16(22)17(19(4,5)6)21-18(23)15-9-7-8-14(10-15)13(3)11-20/h7-10,13,17H,1H2,2-6H3,(H,21,23). The summed E-state index contributed by atoms with van der Waals surface area (Å²) < 4.78 is 0. The molecule has 0 fully saturated rings. The molecule has 0 aliphatic heterocycles. The van der Waals surface area contributed by atoms with Crippen molar-refractivity contribution in [1.29, 1.82) is 5.26 Å². The summed E-state index contributed by atoms with van der Waals surface area (Å²) in [5, 5.41) is 11.8. The van der Waals surface area contributed by atoms with Gasteiger partial charge in [0, 0.05) is 5.56 Å². The predicted octanol–water partition coefficient (Wildman–Crippen LogP) is 3.60. The molecular weight excluding hydrogens is 288 g/mol. The fraction of sp³-hybridized carbons (Fsp3) is 0.421. The van der Waals surface area contributed by atoms with E-state index in [0.717, 1.165) is 5.56 Å². The van der Waals surface area contributed by atoms with Crippen LogP contribution in [0.3, 0.4) is 0 Å². The van der Waals surface area contributed by atoms with E-state index in [1.54, 1.807) is 32.0 Å². The highest BCUT2D eigenvalue weighted by Crippen LogP contribution is 2.23. The molecule has 0 heterocycles. The van der Waals surface area contributed by atoms with Gasteiger partial charge in [-0.3, -0.25) is 9.59 Å². The lowest BCUT2D eigenvalue weighted by atomic mass is 9.82. The largest absolute Gasteiger partial charge is 0.341 e. The van der Waals surface area contributed by atoms with Crippen molar-refractivity contribution < 1.29 is 9.59 Å². The second kappa shape index (κ2) is 7.23. The minimum atomic E-state index is -0.649. The normalized spacial score (nSPS) is 13.6. The van der Waals surface area contributed by atoms with Gasteiger partial charge in [0.2, 0.25) is 0 Å². The molecule has 4 heteroatoms. The molecule has 2 unspecified atom stereocenters. The zero-order valence-corrected chi connectivity index (χ0v) is 14.4. The van der Waals surface area contributed by atoms with E-state index < -0.39 is 11.5 Å². The fourth-order valence-corrected chi connectivity index (χ4v) is 2.16. The maximum atomic E-state index is 12.5. The Morgan fingerprint density at radius 3 is 2.39 bits per heavy atom. The van der Waals surface area contributed by atoms with E-state index in [1.165, 1.54) is 0 Å². The number of amides is 1. The van der Waals surface area contributed by atoms with Crippen LogP contribution >= 0.6 is 0 Å². The monoisotopic (exact) mass is 312 g/mol. The number of rotatable bonds is 5. The van der Waals surface area contributed by atoms with Crippen LogP contribution in [0.5, 0.6) is 0 Å². The number of carbonyl (C=O) groups is 2. The van der Waals surface area contributed by atoms with Crippen LogP contribution < -0.4 is 5.32 Å². The van der Waals surface area contributed by atoms with E-state index in [0.29, 0.717) is 11.1 Å². The highest BCUT2D eigenvalue weighted by Gasteiger charge is 2.33. The zero-order valence-electron chi connectivity index (χ0n) is 14.4. The van der Waals surface area contributed by atoms with Crippen LogP contribution in [0.1, 0.15) is 56.5 Å². The minimum absolute atomic E-state index is 0.174. The lowest BCUT2D eigenvalue weighted by Crippen LogP contribution is -2.49. The Bertz CT molecular complexity index is 663. The molecule has 23 heavy (non-hydrogen) atoms. The average molecular weight is 312 g/mol. The number of nitrogens with zero attached hydrogens (tertiary/aromatic N) is 1. The molecule has 2 atom stereocenters. The van der Waals surface area contributed by atoms with Crippen LogP contribution in [-0.2, 0) is 4.79 Å². The van der Waals surface area contributed by atoms with Crippen LogP contribution in [0.4, 0.5) is 0 Å². The summed E-state index contributed by atoms with van der Waals surface area (Å²) in [7, 11) is 0. The van der Waals surface area contributed by atoms with Crippen molar-refractivity contribution in [3.8, 4) is 6.07 Å². The maximum absolute atomic E-state index is 12.5. The molecule has 0 aliphatic carbocycles. The molecule has 1 aromatic carbocycles. The van der Waals surface area contributed by atoms with Crippen LogP contribution in [0.2, 0.25) is 0 Å². The molecule has 0 bridgehead atoms. The molecule has 0 radical (unpaired) electrons. The number of ketones is 1. The molecule has 4 nitrogen and oxygen atoms in total. The third-order valence-corrected chi connectivity index (χ3v) is 3.67. The topological polar surface area (TPSA) is 70.0 Å². The van der Waals surface area contributed by atoms with Crippen molar-refractivity contribution in [3.63, 3.8) is 0 Å². The quantitative estimate of drug-likeness (QED) is 0.844. The third-order valence-electron chi connectivity index (χ3n) is 3.67. The first-order valence-electron chi connectivity index (χ1n) is 7.58. The first-order valence-corrected chi connectivity index (χ1v) is 7.58. The van der Waals surface area contributed by atoms with Crippen LogP contribution in [0, 0.1) is 16.7 Å². The Hall–Kier alpha value is -2.41. The van der Waals surface area contributed by atoms with Gasteiger partial charge in [-0.2, -0.15) is 5.26 Å². The second-order valence-electron chi connectivity index (χ2n) is 6.89. The molecule has 0 saturated heterocycles. The van der Waals surface area contributed by atoms with Gasteiger partial charge in [-0.15, -0.1) is 0 Å². The lowest BCUT2D eigenvalue weighted by molar-refractivity contribution is -0.119. The van der Waals surface area contributed by atoms with Gasteiger partial charge in [0.25, 0.3) is 5.91 Å². The molecule has 0 aromatic heterocycles. The van der Waals surface area contributed by atoms with Crippen molar-refractivity contribution in [2.24, 2.45) is 5.41 Å². The Kier molecular flexibility index (Phi) is 5.86. The highest BCUT2D eigenvalue weighted by molar-refractivity contribution is 6.03. The van der Waals surface area contributed by atoms with Gasteiger partial charge < -0.3 is 5.32 Å². The van der Waals surface area contributed by atoms with E-state index in [4.69, 9.17) is 5.26 Å². The summed E-state index contributed by atoms with van der Waals surface area (Å²) in [4.78, 5) is 24.8. The number of nitrogens with one attached hydrogen (secondary N) is 1. The van der Waals surface area contributed by atoms with E-state index in [1.807, 2.05) is 26.8 Å². The summed E-state index contributed by atoms with van der Waals surface area (Å²) in [5.74, 6) is -0.794. The molecular formula is C19H24N2O2. The fourth-order valence-electron chi connectivity index (χ4n) is 2.16. The summed E-state index contributed by atoms with van der Waals surface area (Å²) in [6.07, 6.45) is 0. The summed E-state index contributed by atoms with van der Waals surface area (Å²) in [6, 6.07) is 8.41. The maximum Gasteiger partial charge on any atom is 0.251 e. The molecule has 1 N–H and O–H groups in total. The van der Waals surface area contributed by atoms with Gasteiger partial charge in [-0.25, -0.2) is 0 Å². The van der Waals surface area contributed by atoms with Crippen molar-refractivity contribution in [3.05, 3.63) is 47.5 Å². The second-order valence-corrected chi connectivity index (χ2v) is 6.89. The number of hydrogen-bond donors (Lipinski definition) is 1. The average Bonchev–Trinajstić information content (AvgIpc) is 2.49. The van der Waals surface area contributed by atoms with Crippen molar-refractivity contribution >= 4 is 11.7 Å². The number of nitriles is 1. The number of hydrogen-bond acceptors (Lipinski definition) is 3. The van der Waals surface area contributed by atoms with Gasteiger partial charge in [-0.1, -0.05) is 39.5 Å². The molecule has 0 aliphatic rings. The molecule has 122 valence electrons. The Morgan fingerprint density at radius 2 is 1.91 bits per heavy atom. The third kappa shape index (κ3) is 4.79. The molecule has 0 spiro atoms. The number of carbonyl (C=O) groups excluding carboxylic acids is 2. The van der Waals surface area contributed by atoms with Crippen LogP contribution in [0.25, 0.3) is 0 Å². The Morgan fingerprint density at radius 1 is 1.30 bits per heavy atom. The minimum Gasteiger partial charge on any atom is -0.341 e. The van der Waals surface area contributed by atoms with Gasteiger partial charge in [-0.05, 0) is 42.5 Å². The lowest BCUT2D eigenvalue weighted by Gasteiger charge is -2.30. The SMILES string of the molecule is C=C(C)C(=O)C(NC(=O)c1cccc(C(C)C#N)c1)C(C)(C)C. The summed E-state index contributed by atoms with van der Waals surface area (Å²) in [6.45, 7) is 12.8. The van der Waals surface area contributed by atoms with E-state index in [2.05, 4.69) is 18.0 Å². The molecule has 0 saturated carbocycles. The first kappa shape index (κ1) is 18.6. The van der Waals surface area contributed by atoms with Gasteiger partial charge in [0.15, 0.2) is 5.78 Å². The van der Waals surface area contributed by atoms with Gasteiger partial charge in [0.1, 0.15) is 0 Å². The zero-order chi connectivity index (χ0) is 17.8. The van der Waals surface area contributed by atoms with Gasteiger partial charge >= 0.3 is 0 Å². The van der Waals surface area contributed by atoms with Crippen molar-refractivity contribution in [1.82, 2.24) is 5.32 Å². The summed E-state index contributed by atoms with van der Waals surface area (Å²) in [5.41, 5.74) is 1.20.